The van der Waals surface area contributed by atoms with E-state index < -0.39 is 5.41 Å². The third kappa shape index (κ3) is 2.69. The van der Waals surface area contributed by atoms with Crippen LogP contribution in [0.3, 0.4) is 0 Å². The van der Waals surface area contributed by atoms with E-state index in [0.29, 0.717) is 0 Å². The number of aromatic nitrogens is 1. The molecule has 3 heteroatoms. The van der Waals surface area contributed by atoms with Gasteiger partial charge in [-0.15, -0.1) is 0 Å². The van der Waals surface area contributed by atoms with Gasteiger partial charge in [0.2, 0.25) is 0 Å². The summed E-state index contributed by atoms with van der Waals surface area (Å²) in [5.74, 6) is 1.79. The highest BCUT2D eigenvalue weighted by Crippen LogP contribution is 2.63. The average molecular weight is 513 g/mol. The molecule has 6 aromatic carbocycles. The molecule has 1 aromatic heterocycles. The maximum atomic E-state index is 6.75. The molecule has 0 amide bonds. The van der Waals surface area contributed by atoms with E-state index in [-0.39, 0.29) is 0 Å². The third-order valence-electron chi connectivity index (χ3n) is 8.63. The lowest BCUT2D eigenvalue weighted by Crippen LogP contribution is -2.39. The van der Waals surface area contributed by atoms with Crippen LogP contribution in [0.2, 0.25) is 0 Å². The van der Waals surface area contributed by atoms with Gasteiger partial charge in [0.15, 0.2) is 0 Å². The van der Waals surface area contributed by atoms with Crippen LogP contribution in [0.5, 0.6) is 11.5 Å². The number of fused-ring (bicyclic) bond motifs is 11. The van der Waals surface area contributed by atoms with Gasteiger partial charge in [-0.2, -0.15) is 0 Å². The van der Waals surface area contributed by atoms with Gasteiger partial charge in [0.25, 0.3) is 0 Å². The van der Waals surface area contributed by atoms with E-state index in [1.165, 1.54) is 33.3 Å². The molecule has 1 N–H and O–H groups in total. The summed E-state index contributed by atoms with van der Waals surface area (Å²) >= 11 is 0. The number of rotatable bonds is 1. The van der Waals surface area contributed by atoms with Crippen LogP contribution >= 0.6 is 0 Å². The van der Waals surface area contributed by atoms with Gasteiger partial charge in [-0.3, -0.25) is 0 Å². The molecule has 0 atom stereocenters. The maximum Gasteiger partial charge on any atom is 0.133 e. The summed E-state index contributed by atoms with van der Waals surface area (Å²) in [5.41, 5.74) is 9.96. The fraction of sp³-hybridized carbons (Fsp3) is 0.0270. The average Bonchev–Trinajstić information content (AvgIpc) is 3.38. The molecule has 3 heterocycles. The van der Waals surface area contributed by atoms with Crippen molar-refractivity contribution in [2.24, 2.45) is 0 Å². The van der Waals surface area contributed by atoms with E-state index in [4.69, 9.17) is 4.74 Å². The maximum absolute atomic E-state index is 6.75. The van der Waals surface area contributed by atoms with Crippen molar-refractivity contribution in [3.8, 4) is 11.5 Å². The first-order chi connectivity index (χ1) is 19.8. The monoisotopic (exact) mass is 512 g/mol. The van der Waals surface area contributed by atoms with Gasteiger partial charge in [-0.1, -0.05) is 91.0 Å². The lowest BCUT2D eigenvalue weighted by molar-refractivity contribution is 0.435. The molecule has 40 heavy (non-hydrogen) atoms. The normalized spacial score (nSPS) is 14.3. The Morgan fingerprint density at radius 2 is 1.10 bits per heavy atom. The van der Waals surface area contributed by atoms with Crippen molar-refractivity contribution >= 4 is 38.9 Å². The molecule has 0 fully saturated rings. The number of hydrogen-bond acceptors (Lipinski definition) is 2. The Morgan fingerprint density at radius 1 is 0.475 bits per heavy atom. The molecule has 0 bridgehead atoms. The zero-order valence-electron chi connectivity index (χ0n) is 21.6. The second-order valence-electron chi connectivity index (χ2n) is 10.6. The Balaban J connectivity index is 1.46. The van der Waals surface area contributed by atoms with Crippen molar-refractivity contribution in [3.63, 3.8) is 0 Å². The zero-order chi connectivity index (χ0) is 26.3. The van der Waals surface area contributed by atoms with Crippen LogP contribution in [-0.2, 0) is 5.41 Å². The minimum atomic E-state index is -0.561. The highest BCUT2D eigenvalue weighted by molar-refractivity contribution is 6.08. The van der Waals surface area contributed by atoms with Crippen molar-refractivity contribution in [2.45, 2.75) is 5.41 Å². The summed E-state index contributed by atoms with van der Waals surface area (Å²) in [6.07, 6.45) is 0. The smallest absolute Gasteiger partial charge is 0.133 e. The molecule has 188 valence electrons. The first-order valence-corrected chi connectivity index (χ1v) is 13.7. The number of H-pyrrole nitrogens is 1. The van der Waals surface area contributed by atoms with Crippen molar-refractivity contribution in [1.82, 2.24) is 4.98 Å². The summed E-state index contributed by atoms with van der Waals surface area (Å²) < 4.78 is 6.75. The Morgan fingerprint density at radius 3 is 1.88 bits per heavy atom. The van der Waals surface area contributed by atoms with E-state index in [2.05, 4.69) is 149 Å². The largest absolute Gasteiger partial charge is 0.457 e. The summed E-state index contributed by atoms with van der Waals surface area (Å²) in [5, 5.41) is 2.38. The number of ether oxygens (including phenoxy) is 1. The first-order valence-electron chi connectivity index (χ1n) is 13.7. The van der Waals surface area contributed by atoms with Crippen molar-refractivity contribution in [1.29, 1.82) is 0 Å². The van der Waals surface area contributed by atoms with E-state index in [0.717, 1.165) is 39.3 Å². The van der Waals surface area contributed by atoms with E-state index >= 15 is 0 Å². The fourth-order valence-corrected chi connectivity index (χ4v) is 7.07. The molecule has 0 saturated carbocycles. The Bertz CT molecular complexity index is 2060. The molecule has 0 unspecified atom stereocenters. The van der Waals surface area contributed by atoms with Crippen LogP contribution in [-0.4, -0.2) is 4.98 Å². The minimum Gasteiger partial charge on any atom is -0.457 e. The summed E-state index contributed by atoms with van der Waals surface area (Å²) in [6.45, 7) is 0. The van der Waals surface area contributed by atoms with Crippen LogP contribution in [0.25, 0.3) is 21.8 Å². The number of benzene rings is 6. The number of nitrogens with zero attached hydrogens (tertiary/aromatic N) is 1. The van der Waals surface area contributed by atoms with Gasteiger partial charge in [-0.05, 0) is 59.7 Å². The molecule has 9 rings (SSSR count). The Labute approximate surface area is 231 Å². The van der Waals surface area contributed by atoms with Gasteiger partial charge in [-0.25, -0.2) is 0 Å². The number of aromatic amines is 1. The van der Waals surface area contributed by atoms with E-state index in [9.17, 15) is 0 Å². The lowest BCUT2D eigenvalue weighted by atomic mass is 9.61. The molecule has 0 aliphatic carbocycles. The van der Waals surface area contributed by atoms with Crippen LogP contribution in [0.1, 0.15) is 22.3 Å². The number of nitrogens with one attached hydrogen (secondary N) is 1. The summed E-state index contributed by atoms with van der Waals surface area (Å²) in [7, 11) is 0. The molecule has 0 saturated heterocycles. The Hall–Kier alpha value is -5.28. The molecular formula is C37H24N2O. The Kier molecular flexibility index (Phi) is 4.26. The number of para-hydroxylation sites is 5. The highest BCUT2D eigenvalue weighted by Gasteiger charge is 2.51. The zero-order valence-corrected chi connectivity index (χ0v) is 21.6. The van der Waals surface area contributed by atoms with Gasteiger partial charge in [0, 0.05) is 38.6 Å². The molecule has 1 spiro atoms. The molecule has 2 aliphatic rings. The quantitative estimate of drug-likeness (QED) is 0.237. The molecular weight excluding hydrogens is 488 g/mol. The van der Waals surface area contributed by atoms with Gasteiger partial charge >= 0.3 is 0 Å². The van der Waals surface area contributed by atoms with Gasteiger partial charge in [0.1, 0.15) is 11.5 Å². The molecule has 2 aliphatic heterocycles. The van der Waals surface area contributed by atoms with Crippen LogP contribution in [0.4, 0.5) is 17.1 Å². The van der Waals surface area contributed by atoms with Crippen molar-refractivity contribution < 1.29 is 4.74 Å². The predicted octanol–water partition coefficient (Wildman–Crippen LogP) is 9.59. The summed E-state index contributed by atoms with van der Waals surface area (Å²) in [6, 6.07) is 50.0. The molecule has 0 radical (unpaired) electrons. The fourth-order valence-electron chi connectivity index (χ4n) is 7.07. The number of anilines is 3. The SMILES string of the molecule is c1ccc(N2c3ccccc3C3(c4ccccc4Oc4cc5c(cc43)[nH]c3ccccc35)c3ccccc32)cc1. The predicted molar refractivity (Wildman–Crippen MR) is 162 cm³/mol. The molecule has 7 aromatic rings. The second kappa shape index (κ2) is 7.87. The first kappa shape index (κ1) is 21.6. The number of hydrogen-bond donors (Lipinski definition) is 1. The third-order valence-corrected chi connectivity index (χ3v) is 8.63. The van der Waals surface area contributed by atoms with Crippen molar-refractivity contribution in [2.75, 3.05) is 4.90 Å². The standard InChI is InChI=1S/C37H24N2O/c1-2-12-24(13-3-1)39-33-19-9-5-15-27(33)37(28-16-6-10-20-34(28)39)29-17-7-11-21-35(29)40-36-22-26-25-14-4-8-18-31(25)38-32(26)23-30(36)37/h1-23,38H. The van der Waals surface area contributed by atoms with Crippen LogP contribution < -0.4 is 9.64 Å². The second-order valence-corrected chi connectivity index (χ2v) is 10.6. The van der Waals surface area contributed by atoms with E-state index in [1.54, 1.807) is 0 Å². The molecule has 3 nitrogen and oxygen atoms in total. The topological polar surface area (TPSA) is 28.3 Å². The van der Waals surface area contributed by atoms with Crippen molar-refractivity contribution in [3.05, 3.63) is 162 Å². The highest BCUT2D eigenvalue weighted by atomic mass is 16.5. The van der Waals surface area contributed by atoms with E-state index in [1.807, 2.05) is 0 Å². The van der Waals surface area contributed by atoms with Crippen LogP contribution in [0.15, 0.2) is 140 Å². The summed E-state index contributed by atoms with van der Waals surface area (Å²) in [4.78, 5) is 6.09. The minimum absolute atomic E-state index is 0.561. The lowest BCUT2D eigenvalue weighted by Gasteiger charge is -2.48. The van der Waals surface area contributed by atoms with Gasteiger partial charge < -0.3 is 14.6 Å². The van der Waals surface area contributed by atoms with Gasteiger partial charge in [0.05, 0.1) is 16.8 Å². The van der Waals surface area contributed by atoms with Crippen LogP contribution in [0, 0.1) is 0 Å².